The molecule has 1 fully saturated rings. The number of hydrogen-bond donors (Lipinski definition) is 1. The first-order chi connectivity index (χ1) is 13.0. The first-order valence-corrected chi connectivity index (χ1v) is 9.56. The molecule has 0 atom stereocenters. The Morgan fingerprint density at radius 1 is 1.15 bits per heavy atom. The van der Waals surface area contributed by atoms with E-state index in [9.17, 15) is 14.4 Å². The summed E-state index contributed by atoms with van der Waals surface area (Å²) in [6, 6.07) is 7.09. The van der Waals surface area contributed by atoms with Crippen LogP contribution in [0, 0.1) is 0 Å². The van der Waals surface area contributed by atoms with Gasteiger partial charge in [-0.15, -0.1) is 0 Å². The van der Waals surface area contributed by atoms with Gasteiger partial charge >= 0.3 is 5.97 Å². The molecule has 0 radical (unpaired) electrons. The van der Waals surface area contributed by atoms with Crippen molar-refractivity contribution in [2.24, 2.45) is 0 Å². The molecule has 0 heterocycles. The van der Waals surface area contributed by atoms with E-state index in [1.165, 1.54) is 13.3 Å². The minimum atomic E-state index is -0.511. The Morgan fingerprint density at radius 2 is 1.89 bits per heavy atom. The van der Waals surface area contributed by atoms with E-state index < -0.39 is 5.97 Å². The number of allylic oxidation sites excluding steroid dienone is 2. The van der Waals surface area contributed by atoms with Crippen molar-refractivity contribution < 1.29 is 19.1 Å². The van der Waals surface area contributed by atoms with E-state index in [2.05, 4.69) is 11.4 Å². The third-order valence-corrected chi connectivity index (χ3v) is 4.81. The first-order valence-electron chi connectivity index (χ1n) is 9.56. The van der Waals surface area contributed by atoms with Crippen LogP contribution in [0.1, 0.15) is 61.4 Å². The smallest absolute Gasteiger partial charge is 0.338 e. The molecule has 3 rings (SSSR count). The van der Waals surface area contributed by atoms with Gasteiger partial charge in [0.2, 0.25) is 5.91 Å². The molecule has 0 unspecified atom stereocenters. The predicted molar refractivity (Wildman–Crippen MR) is 101 cm³/mol. The minimum Gasteiger partial charge on any atom is -0.452 e. The minimum absolute atomic E-state index is 0.106. The van der Waals surface area contributed by atoms with Gasteiger partial charge < -0.3 is 15.0 Å². The molecule has 1 saturated carbocycles. The monoisotopic (exact) mass is 370 g/mol. The van der Waals surface area contributed by atoms with Gasteiger partial charge in [-0.1, -0.05) is 18.2 Å². The van der Waals surface area contributed by atoms with Crippen LogP contribution in [0.2, 0.25) is 0 Å². The number of hydrogen-bond acceptors (Lipinski definition) is 4. The molecular formula is C21H26N2O4. The number of amides is 2. The van der Waals surface area contributed by atoms with Gasteiger partial charge in [0.05, 0.1) is 5.56 Å². The molecule has 6 heteroatoms. The molecule has 0 saturated heterocycles. The van der Waals surface area contributed by atoms with Crippen molar-refractivity contribution in [3.63, 3.8) is 0 Å². The van der Waals surface area contributed by atoms with E-state index in [4.69, 9.17) is 4.74 Å². The van der Waals surface area contributed by atoms with Gasteiger partial charge in [-0.3, -0.25) is 9.59 Å². The lowest BCUT2D eigenvalue weighted by molar-refractivity contribution is -0.133. The van der Waals surface area contributed by atoms with Crippen molar-refractivity contribution in [1.29, 1.82) is 0 Å². The number of benzene rings is 1. The fourth-order valence-electron chi connectivity index (χ4n) is 3.24. The van der Waals surface area contributed by atoms with Crippen LogP contribution in [0.25, 0.3) is 0 Å². The lowest BCUT2D eigenvalue weighted by Crippen LogP contribution is -2.36. The van der Waals surface area contributed by atoms with Gasteiger partial charge in [-0.25, -0.2) is 4.79 Å². The van der Waals surface area contributed by atoms with Gasteiger partial charge in [-0.05, 0) is 56.2 Å². The van der Waals surface area contributed by atoms with Crippen molar-refractivity contribution >= 4 is 17.8 Å². The zero-order chi connectivity index (χ0) is 19.2. The third-order valence-electron chi connectivity index (χ3n) is 4.81. The molecule has 0 bridgehead atoms. The summed E-state index contributed by atoms with van der Waals surface area (Å²) in [5.74, 6) is -0.755. The van der Waals surface area contributed by atoms with Crippen LogP contribution in [0.5, 0.6) is 0 Å². The zero-order valence-corrected chi connectivity index (χ0v) is 15.7. The van der Waals surface area contributed by atoms with Crippen LogP contribution >= 0.6 is 0 Å². The summed E-state index contributed by atoms with van der Waals surface area (Å²) >= 11 is 0. The van der Waals surface area contributed by atoms with Crippen molar-refractivity contribution in [2.45, 2.75) is 58.0 Å². The summed E-state index contributed by atoms with van der Waals surface area (Å²) < 4.78 is 5.25. The number of nitrogens with zero attached hydrogens (tertiary/aromatic N) is 1. The second kappa shape index (κ2) is 8.84. The highest BCUT2D eigenvalue weighted by molar-refractivity contribution is 5.91. The SMILES string of the molecule is CC(=O)NCc1ccc(C(=O)OCC(=O)N(C2=CCCCC2)C2CC2)cc1. The summed E-state index contributed by atoms with van der Waals surface area (Å²) in [6.45, 7) is 1.63. The Morgan fingerprint density at radius 3 is 2.48 bits per heavy atom. The van der Waals surface area contributed by atoms with E-state index in [0.29, 0.717) is 12.1 Å². The summed E-state index contributed by atoms with van der Waals surface area (Å²) in [6.07, 6.45) is 8.40. The maximum absolute atomic E-state index is 12.6. The maximum atomic E-state index is 12.6. The van der Waals surface area contributed by atoms with E-state index in [0.717, 1.165) is 43.4 Å². The number of carbonyl (C=O) groups is 3. The van der Waals surface area contributed by atoms with E-state index in [-0.39, 0.29) is 24.5 Å². The van der Waals surface area contributed by atoms with Crippen molar-refractivity contribution in [1.82, 2.24) is 10.2 Å². The quantitative estimate of drug-likeness (QED) is 0.749. The molecule has 0 spiro atoms. The Balaban J connectivity index is 1.53. The van der Waals surface area contributed by atoms with Crippen LogP contribution in [-0.4, -0.2) is 35.3 Å². The van der Waals surface area contributed by atoms with Crippen LogP contribution in [0.4, 0.5) is 0 Å². The zero-order valence-electron chi connectivity index (χ0n) is 15.7. The summed E-state index contributed by atoms with van der Waals surface area (Å²) in [4.78, 5) is 37.7. The van der Waals surface area contributed by atoms with Gasteiger partial charge in [0.15, 0.2) is 6.61 Å². The Hall–Kier alpha value is -2.63. The van der Waals surface area contributed by atoms with Crippen molar-refractivity contribution in [3.05, 3.63) is 47.2 Å². The number of esters is 1. The normalized spacial score (nSPS) is 16.3. The molecule has 2 amide bonds. The van der Waals surface area contributed by atoms with Crippen molar-refractivity contribution in [2.75, 3.05) is 6.61 Å². The molecule has 0 aromatic heterocycles. The standard InChI is InChI=1S/C21H26N2O4/c1-15(24)22-13-16-7-9-17(10-8-16)21(26)27-14-20(25)23(19-11-12-19)18-5-3-2-4-6-18/h5,7-10,19H,2-4,6,11-14H2,1H3,(H,22,24). The highest BCUT2D eigenvalue weighted by Gasteiger charge is 2.35. The second-order valence-electron chi connectivity index (χ2n) is 7.12. The summed E-state index contributed by atoms with van der Waals surface area (Å²) in [5, 5.41) is 2.70. The summed E-state index contributed by atoms with van der Waals surface area (Å²) in [5.41, 5.74) is 2.37. The average molecular weight is 370 g/mol. The van der Waals surface area contributed by atoms with Crippen molar-refractivity contribution in [3.8, 4) is 0 Å². The highest BCUT2D eigenvalue weighted by Crippen LogP contribution is 2.33. The molecule has 1 aromatic carbocycles. The molecule has 6 nitrogen and oxygen atoms in total. The fourth-order valence-corrected chi connectivity index (χ4v) is 3.24. The van der Waals surface area contributed by atoms with Crippen LogP contribution in [0.15, 0.2) is 36.0 Å². The summed E-state index contributed by atoms with van der Waals surface area (Å²) in [7, 11) is 0. The van der Waals surface area contributed by atoms with Gasteiger partial charge in [-0.2, -0.15) is 0 Å². The fraction of sp³-hybridized carbons (Fsp3) is 0.476. The third kappa shape index (κ3) is 5.42. The first kappa shape index (κ1) is 19.1. The molecule has 1 N–H and O–H groups in total. The topological polar surface area (TPSA) is 75.7 Å². The number of ether oxygens (including phenoxy) is 1. The number of carbonyl (C=O) groups excluding carboxylic acids is 3. The number of nitrogens with one attached hydrogen (secondary N) is 1. The largest absolute Gasteiger partial charge is 0.452 e. The van der Waals surface area contributed by atoms with E-state index in [1.54, 1.807) is 24.3 Å². The average Bonchev–Trinajstić information content (AvgIpc) is 3.51. The van der Waals surface area contributed by atoms with E-state index >= 15 is 0 Å². The number of rotatable bonds is 7. The maximum Gasteiger partial charge on any atom is 0.338 e. The molecule has 2 aliphatic rings. The van der Waals surface area contributed by atoms with Gasteiger partial charge in [0.1, 0.15) is 0 Å². The predicted octanol–water partition coefficient (Wildman–Crippen LogP) is 2.93. The lowest BCUT2D eigenvalue weighted by atomic mass is 10.0. The van der Waals surface area contributed by atoms with Gasteiger partial charge in [0, 0.05) is 25.2 Å². The molecule has 27 heavy (non-hydrogen) atoms. The Kier molecular flexibility index (Phi) is 6.27. The molecule has 144 valence electrons. The molecule has 2 aliphatic carbocycles. The van der Waals surface area contributed by atoms with Crippen LogP contribution in [-0.2, 0) is 20.9 Å². The van der Waals surface area contributed by atoms with Gasteiger partial charge in [0.25, 0.3) is 5.91 Å². The molecule has 1 aromatic rings. The Labute approximate surface area is 159 Å². The van der Waals surface area contributed by atoms with Crippen LogP contribution in [0.3, 0.4) is 0 Å². The Bertz CT molecular complexity index is 735. The van der Waals surface area contributed by atoms with E-state index in [1.807, 2.05) is 4.90 Å². The molecular weight excluding hydrogens is 344 g/mol. The van der Waals surface area contributed by atoms with Crippen LogP contribution < -0.4 is 5.32 Å². The second-order valence-corrected chi connectivity index (χ2v) is 7.12. The molecule has 0 aliphatic heterocycles. The highest BCUT2D eigenvalue weighted by atomic mass is 16.5. The lowest BCUT2D eigenvalue weighted by Gasteiger charge is -2.27.